The van der Waals surface area contributed by atoms with Crippen molar-refractivity contribution >= 4 is 11.7 Å². The summed E-state index contributed by atoms with van der Waals surface area (Å²) in [5.41, 5.74) is 3.23. The van der Waals surface area contributed by atoms with Crippen molar-refractivity contribution in [1.29, 1.82) is 0 Å². The second-order valence-corrected chi connectivity index (χ2v) is 9.91. The number of rotatable bonds is 9. The number of carbonyl (C=O) groups excluding carboxylic acids is 1. The highest BCUT2D eigenvalue weighted by Crippen LogP contribution is 2.31. The normalized spacial score (nSPS) is 20.3. The molecule has 2 aliphatic rings. The van der Waals surface area contributed by atoms with Gasteiger partial charge in [-0.15, -0.1) is 0 Å². The van der Waals surface area contributed by atoms with Crippen LogP contribution in [0.2, 0.25) is 0 Å². The van der Waals surface area contributed by atoms with Gasteiger partial charge in [0.05, 0.1) is 24.4 Å². The van der Waals surface area contributed by atoms with Crippen LogP contribution in [0, 0.1) is 0 Å². The number of ether oxygens (including phenoxy) is 1. The van der Waals surface area contributed by atoms with Gasteiger partial charge in [-0.25, -0.2) is 9.97 Å². The maximum absolute atomic E-state index is 13.0. The Hall–Kier alpha value is -2.47. The van der Waals surface area contributed by atoms with Gasteiger partial charge in [0.25, 0.3) is 0 Å². The molecule has 3 heterocycles. The van der Waals surface area contributed by atoms with E-state index in [0.29, 0.717) is 13.0 Å². The SMILES string of the molecule is CCCCCCCCC(=O)N1CCc2nc(-c3ccccc3)nc(N3CC(C)OC(C)C3)c2C1. The van der Waals surface area contributed by atoms with Crippen LogP contribution in [0.25, 0.3) is 11.4 Å². The Balaban J connectivity index is 1.53. The number of hydrogen-bond acceptors (Lipinski definition) is 5. The third-order valence-corrected chi connectivity index (χ3v) is 6.89. The maximum Gasteiger partial charge on any atom is 0.222 e. The molecule has 1 saturated heterocycles. The van der Waals surface area contributed by atoms with E-state index in [4.69, 9.17) is 14.7 Å². The van der Waals surface area contributed by atoms with Gasteiger partial charge in [-0.2, -0.15) is 0 Å². The largest absolute Gasteiger partial charge is 0.372 e. The lowest BCUT2D eigenvalue weighted by Gasteiger charge is -2.39. The predicted octanol–water partition coefficient (Wildman–Crippen LogP) is 5.39. The summed E-state index contributed by atoms with van der Waals surface area (Å²) in [6.45, 7) is 9.41. The fourth-order valence-electron chi connectivity index (χ4n) is 5.15. The lowest BCUT2D eigenvalue weighted by Crippen LogP contribution is -2.47. The maximum atomic E-state index is 13.0. The van der Waals surface area contributed by atoms with Crippen LogP contribution in [-0.2, 0) is 22.5 Å². The molecule has 1 amide bonds. The Bertz CT molecular complexity index is 939. The van der Waals surface area contributed by atoms with Crippen molar-refractivity contribution in [3.63, 3.8) is 0 Å². The van der Waals surface area contributed by atoms with Crippen molar-refractivity contribution in [3.05, 3.63) is 41.6 Å². The van der Waals surface area contributed by atoms with E-state index in [1.807, 2.05) is 23.1 Å². The molecule has 6 heteroatoms. The summed E-state index contributed by atoms with van der Waals surface area (Å²) in [6.07, 6.45) is 8.91. The number of morpholine rings is 1. The fraction of sp³-hybridized carbons (Fsp3) is 0.607. The third kappa shape index (κ3) is 6.15. The number of aromatic nitrogens is 2. The second kappa shape index (κ2) is 11.8. The van der Waals surface area contributed by atoms with Crippen molar-refractivity contribution in [2.75, 3.05) is 24.5 Å². The monoisotopic (exact) mass is 464 g/mol. The number of unbranched alkanes of at least 4 members (excludes halogenated alkanes) is 5. The molecule has 2 aromatic rings. The average molecular weight is 465 g/mol. The average Bonchev–Trinajstić information content (AvgIpc) is 2.85. The van der Waals surface area contributed by atoms with Crippen LogP contribution >= 0.6 is 0 Å². The molecule has 184 valence electrons. The van der Waals surface area contributed by atoms with Gasteiger partial charge in [0.2, 0.25) is 5.91 Å². The van der Waals surface area contributed by atoms with Crippen molar-refractivity contribution in [2.45, 2.75) is 90.9 Å². The molecule has 1 aromatic heterocycles. The summed E-state index contributed by atoms with van der Waals surface area (Å²) in [7, 11) is 0. The molecule has 0 bridgehead atoms. The van der Waals surface area contributed by atoms with Gasteiger partial charge < -0.3 is 14.5 Å². The van der Waals surface area contributed by atoms with E-state index in [0.717, 1.165) is 67.4 Å². The number of fused-ring (bicyclic) bond motifs is 1. The molecule has 2 aliphatic heterocycles. The van der Waals surface area contributed by atoms with E-state index in [1.54, 1.807) is 0 Å². The Labute approximate surface area is 204 Å². The van der Waals surface area contributed by atoms with Gasteiger partial charge in [0, 0.05) is 43.6 Å². The van der Waals surface area contributed by atoms with Crippen LogP contribution < -0.4 is 4.90 Å². The predicted molar refractivity (Wildman–Crippen MR) is 137 cm³/mol. The van der Waals surface area contributed by atoms with Crippen molar-refractivity contribution in [1.82, 2.24) is 14.9 Å². The molecule has 0 N–H and O–H groups in total. The molecule has 0 spiro atoms. The molecule has 1 fully saturated rings. The Morgan fingerprint density at radius 2 is 1.71 bits per heavy atom. The molecule has 6 nitrogen and oxygen atoms in total. The van der Waals surface area contributed by atoms with Crippen molar-refractivity contribution in [3.8, 4) is 11.4 Å². The topological polar surface area (TPSA) is 58.6 Å². The molecular formula is C28H40N4O2. The number of nitrogens with zero attached hydrogens (tertiary/aromatic N) is 4. The molecule has 34 heavy (non-hydrogen) atoms. The van der Waals surface area contributed by atoms with Crippen LogP contribution in [0.5, 0.6) is 0 Å². The third-order valence-electron chi connectivity index (χ3n) is 6.89. The highest BCUT2D eigenvalue weighted by Gasteiger charge is 2.31. The minimum absolute atomic E-state index is 0.142. The zero-order chi connectivity index (χ0) is 23.9. The first-order valence-corrected chi connectivity index (χ1v) is 13.2. The fourth-order valence-corrected chi connectivity index (χ4v) is 5.15. The molecule has 0 radical (unpaired) electrons. The van der Waals surface area contributed by atoms with Crippen LogP contribution in [0.3, 0.4) is 0 Å². The number of carbonyl (C=O) groups is 1. The lowest BCUT2D eigenvalue weighted by atomic mass is 10.0. The first kappa shape index (κ1) is 24.6. The highest BCUT2D eigenvalue weighted by atomic mass is 16.5. The Morgan fingerprint density at radius 3 is 2.44 bits per heavy atom. The summed E-state index contributed by atoms with van der Waals surface area (Å²) >= 11 is 0. The zero-order valence-corrected chi connectivity index (χ0v) is 21.1. The Morgan fingerprint density at radius 1 is 1.00 bits per heavy atom. The summed E-state index contributed by atoms with van der Waals surface area (Å²) < 4.78 is 5.99. The van der Waals surface area contributed by atoms with Gasteiger partial charge in [-0.3, -0.25) is 4.79 Å². The minimum Gasteiger partial charge on any atom is -0.372 e. The minimum atomic E-state index is 0.142. The number of amides is 1. The smallest absolute Gasteiger partial charge is 0.222 e. The second-order valence-electron chi connectivity index (χ2n) is 9.91. The summed E-state index contributed by atoms with van der Waals surface area (Å²) in [5, 5.41) is 0. The quantitative estimate of drug-likeness (QED) is 0.466. The van der Waals surface area contributed by atoms with E-state index >= 15 is 0 Å². The lowest BCUT2D eigenvalue weighted by molar-refractivity contribution is -0.132. The van der Waals surface area contributed by atoms with Crippen LogP contribution in [0.4, 0.5) is 5.82 Å². The Kier molecular flexibility index (Phi) is 8.54. The molecule has 4 rings (SSSR count). The zero-order valence-electron chi connectivity index (χ0n) is 21.1. The summed E-state index contributed by atoms with van der Waals surface area (Å²) in [6, 6.07) is 10.2. The van der Waals surface area contributed by atoms with Crippen molar-refractivity contribution in [2.24, 2.45) is 0 Å². The van der Waals surface area contributed by atoms with Crippen LogP contribution in [-0.4, -0.2) is 52.6 Å². The van der Waals surface area contributed by atoms with E-state index in [-0.39, 0.29) is 18.1 Å². The first-order valence-electron chi connectivity index (χ1n) is 13.2. The number of benzene rings is 1. The molecular weight excluding hydrogens is 424 g/mol. The van der Waals surface area contributed by atoms with Crippen LogP contribution in [0.1, 0.15) is 77.0 Å². The van der Waals surface area contributed by atoms with Gasteiger partial charge in [-0.1, -0.05) is 69.4 Å². The van der Waals surface area contributed by atoms with E-state index < -0.39 is 0 Å². The molecule has 1 aromatic carbocycles. The molecule has 0 aliphatic carbocycles. The van der Waals surface area contributed by atoms with E-state index in [1.165, 1.54) is 25.7 Å². The number of hydrogen-bond donors (Lipinski definition) is 0. The standard InChI is InChI=1S/C28H40N4O2/c1-4-5-6-7-8-12-15-26(33)31-17-16-25-24(20-31)28(32-18-21(2)34-22(3)19-32)30-27(29-25)23-13-10-9-11-14-23/h9-11,13-14,21-22H,4-8,12,15-20H2,1-3H3. The van der Waals surface area contributed by atoms with Gasteiger partial charge in [0.15, 0.2) is 5.82 Å². The summed E-state index contributed by atoms with van der Waals surface area (Å²) in [4.78, 5) is 27.4. The molecule has 0 saturated carbocycles. The first-order chi connectivity index (χ1) is 16.5. The van der Waals surface area contributed by atoms with Crippen LogP contribution in [0.15, 0.2) is 30.3 Å². The number of anilines is 1. The van der Waals surface area contributed by atoms with Crippen molar-refractivity contribution < 1.29 is 9.53 Å². The van der Waals surface area contributed by atoms with Gasteiger partial charge in [-0.05, 0) is 20.3 Å². The van der Waals surface area contributed by atoms with Gasteiger partial charge in [0.1, 0.15) is 5.82 Å². The van der Waals surface area contributed by atoms with E-state index in [9.17, 15) is 4.79 Å². The van der Waals surface area contributed by atoms with E-state index in [2.05, 4.69) is 37.8 Å². The summed E-state index contributed by atoms with van der Waals surface area (Å²) in [5.74, 6) is 2.01. The molecule has 2 unspecified atom stereocenters. The molecule has 2 atom stereocenters. The van der Waals surface area contributed by atoms with Gasteiger partial charge >= 0.3 is 0 Å². The highest BCUT2D eigenvalue weighted by molar-refractivity contribution is 5.77.